The first-order valence-electron chi connectivity index (χ1n) is 23.1. The zero-order valence-electron chi connectivity index (χ0n) is 39.3. The van der Waals surface area contributed by atoms with E-state index in [-0.39, 0.29) is 62.4 Å². The molecule has 2 saturated carbocycles. The molecular weight excluding hydrogens is 998 g/mol. The number of esters is 1. The zero-order chi connectivity index (χ0) is 51.7. The second-order valence-electron chi connectivity index (χ2n) is 17.5. The van der Waals surface area contributed by atoms with Gasteiger partial charge >= 0.3 is 18.0 Å². The Labute approximate surface area is 432 Å². The number of amides is 5. The van der Waals surface area contributed by atoms with Crippen LogP contribution in [0.1, 0.15) is 96.1 Å². The fraction of sp³-hybridized carbons (Fsp3) is 0.392. The number of hydrogen-bond acceptors (Lipinski definition) is 10. The Balaban J connectivity index is 0.000000265. The van der Waals surface area contributed by atoms with Gasteiger partial charge in [0.2, 0.25) is 11.8 Å². The van der Waals surface area contributed by atoms with Crippen LogP contribution in [0, 0.1) is 10.8 Å². The lowest BCUT2D eigenvalue weighted by molar-refractivity contribution is -0.146. The van der Waals surface area contributed by atoms with E-state index in [4.69, 9.17) is 56.9 Å². The number of rotatable bonds is 19. The molecule has 380 valence electrons. The van der Waals surface area contributed by atoms with Crippen LogP contribution in [0.2, 0.25) is 20.1 Å². The molecule has 4 aromatic rings. The average molecular weight is 1060 g/mol. The molecule has 2 fully saturated rings. The van der Waals surface area contributed by atoms with E-state index in [2.05, 4.69) is 31.3 Å². The molecule has 2 unspecified atom stereocenters. The van der Waals surface area contributed by atoms with E-state index in [1.54, 1.807) is 84.9 Å². The van der Waals surface area contributed by atoms with Crippen molar-refractivity contribution in [3.63, 3.8) is 0 Å². The number of carboxylic acid groups (broad SMARTS) is 1. The summed E-state index contributed by atoms with van der Waals surface area (Å²) >= 11 is 24.4. The summed E-state index contributed by atoms with van der Waals surface area (Å²) in [5.74, 6) is -3.04. The van der Waals surface area contributed by atoms with Gasteiger partial charge in [-0.25, -0.2) is 14.4 Å². The van der Waals surface area contributed by atoms with E-state index < -0.39 is 52.8 Å². The topological polar surface area (TPSA) is 244 Å². The molecule has 71 heavy (non-hydrogen) atoms. The van der Waals surface area contributed by atoms with Crippen LogP contribution in [-0.2, 0) is 41.5 Å². The Kier molecular flexibility index (Phi) is 20.9. The number of hydrogen-bond donors (Lipinski definition) is 7. The Morgan fingerprint density at radius 2 is 0.986 bits per heavy atom. The van der Waals surface area contributed by atoms with Crippen molar-refractivity contribution in [2.24, 2.45) is 16.6 Å². The molecule has 0 aromatic heterocycles. The number of ether oxygens (including phenoxy) is 2. The van der Waals surface area contributed by atoms with Crippen molar-refractivity contribution >= 4 is 99.4 Å². The van der Waals surface area contributed by atoms with Crippen LogP contribution in [-0.4, -0.2) is 86.2 Å². The van der Waals surface area contributed by atoms with E-state index >= 15 is 0 Å². The molecule has 0 radical (unpaired) electrons. The highest BCUT2D eigenvalue weighted by Crippen LogP contribution is 2.42. The maximum Gasteiger partial charge on any atom is 0.406 e. The number of benzene rings is 4. The number of halogens is 4. The third-order valence-electron chi connectivity index (χ3n) is 12.8. The van der Waals surface area contributed by atoms with Crippen molar-refractivity contribution in [3.05, 3.63) is 127 Å². The number of aliphatic carboxylic acids is 1. The average Bonchev–Trinajstić information content (AvgIpc) is 4.04. The summed E-state index contributed by atoms with van der Waals surface area (Å²) in [6.45, 7) is 0.674. The van der Waals surface area contributed by atoms with Crippen LogP contribution < -0.4 is 32.3 Å². The smallest absolute Gasteiger partial charge is 0.406 e. The highest BCUT2D eigenvalue weighted by atomic mass is 35.5. The van der Waals surface area contributed by atoms with E-state index in [0.717, 1.165) is 44.1 Å². The summed E-state index contributed by atoms with van der Waals surface area (Å²) in [6, 6.07) is 21.3. The number of carbonyl (C=O) groups excluding carboxylic acids is 6. The molecule has 2 aliphatic carbocycles. The summed E-state index contributed by atoms with van der Waals surface area (Å²) in [7, 11) is 2.56. The quantitative estimate of drug-likeness (QED) is 0.0437. The molecule has 2 aliphatic rings. The lowest BCUT2D eigenvalue weighted by atomic mass is 9.81. The van der Waals surface area contributed by atoms with Gasteiger partial charge in [-0.15, -0.1) is 0 Å². The number of carboxylic acids is 1. The summed E-state index contributed by atoms with van der Waals surface area (Å²) in [5, 5.41) is 24.4. The molecule has 0 bridgehead atoms. The van der Waals surface area contributed by atoms with Gasteiger partial charge in [0.1, 0.15) is 12.1 Å². The number of nitrogens with one attached hydrogen (secondary N) is 5. The first-order chi connectivity index (χ1) is 33.9. The molecule has 6 rings (SSSR count). The van der Waals surface area contributed by atoms with E-state index in [1.807, 2.05) is 0 Å². The molecule has 16 nitrogen and oxygen atoms in total. The number of nitrogens with two attached hydrogens (primary N) is 1. The predicted molar refractivity (Wildman–Crippen MR) is 273 cm³/mol. The maximum atomic E-state index is 13.2. The Bertz CT molecular complexity index is 2490. The van der Waals surface area contributed by atoms with E-state index in [9.17, 15) is 38.7 Å². The van der Waals surface area contributed by atoms with Crippen LogP contribution in [0.25, 0.3) is 0 Å². The standard InChI is InChI=1S/C26H29Cl2N3O6.C25H29Cl2N3O4/c1-37-25(36)29-14-13-26(11-2-3-12-26)24(35)31-20(23(33)34)15-16-7-9-17(10-8-16)30-22(32)21-18(27)5-4-6-19(21)28;1-34-23(32)20(30-24(33)25(13-14-28)11-2-3-12-25)15-16-7-9-17(10-8-16)29-22(31)21-18(26)5-4-6-19(21)27/h4-10,20H,2-3,11-15H2,1H3,(H,29,36)(H,30,32)(H,31,35)(H,33,34);4-10,20H,2-3,11-15,28H2,1H3,(H,29,31)(H,30,33). The summed E-state index contributed by atoms with van der Waals surface area (Å²) < 4.78 is 9.50. The number of methoxy groups -OCH3 is 2. The third-order valence-corrected chi connectivity index (χ3v) is 14.1. The van der Waals surface area contributed by atoms with Gasteiger partial charge in [-0.05, 0) is 105 Å². The highest BCUT2D eigenvalue weighted by Gasteiger charge is 2.43. The number of carbonyl (C=O) groups is 7. The summed E-state index contributed by atoms with van der Waals surface area (Å²) in [5.41, 5.74) is 7.33. The van der Waals surface area contributed by atoms with Gasteiger partial charge in [0, 0.05) is 30.8 Å². The van der Waals surface area contributed by atoms with Crippen LogP contribution >= 0.6 is 46.4 Å². The van der Waals surface area contributed by atoms with Crippen LogP contribution in [0.3, 0.4) is 0 Å². The Hall–Kier alpha value is -5.91. The minimum absolute atomic E-state index is 0.0577. The van der Waals surface area contributed by atoms with E-state index in [0.29, 0.717) is 49.2 Å². The Morgan fingerprint density at radius 1 is 0.592 bits per heavy atom. The van der Waals surface area contributed by atoms with Gasteiger partial charge in [-0.3, -0.25) is 19.2 Å². The minimum Gasteiger partial charge on any atom is -0.480 e. The predicted octanol–water partition coefficient (Wildman–Crippen LogP) is 9.02. The highest BCUT2D eigenvalue weighted by molar-refractivity contribution is 6.41. The van der Waals surface area contributed by atoms with Gasteiger partial charge in [-0.2, -0.15) is 0 Å². The van der Waals surface area contributed by atoms with Gasteiger partial charge < -0.3 is 46.9 Å². The Morgan fingerprint density at radius 3 is 1.37 bits per heavy atom. The summed E-state index contributed by atoms with van der Waals surface area (Å²) in [6.07, 6.45) is 7.17. The molecule has 0 aliphatic heterocycles. The van der Waals surface area contributed by atoms with Crippen LogP contribution in [0.5, 0.6) is 0 Å². The van der Waals surface area contributed by atoms with Crippen LogP contribution in [0.4, 0.5) is 16.2 Å². The molecule has 8 N–H and O–H groups in total. The SMILES string of the molecule is COC(=O)C(Cc1ccc(NC(=O)c2c(Cl)cccc2Cl)cc1)NC(=O)C1(CCN)CCCC1.COC(=O)NCCC1(C(=O)NC(Cc2ccc(NC(=O)c3c(Cl)cccc3Cl)cc2)C(=O)O)CCCC1. The normalized spacial score (nSPS) is 15.1. The fourth-order valence-corrected chi connectivity index (χ4v) is 10.1. The van der Waals surface area contributed by atoms with Crippen molar-refractivity contribution < 1.29 is 48.1 Å². The third kappa shape index (κ3) is 15.3. The molecule has 2 atom stereocenters. The first-order valence-corrected chi connectivity index (χ1v) is 24.6. The van der Waals surface area contributed by atoms with Gasteiger partial charge in [0.15, 0.2) is 0 Å². The van der Waals surface area contributed by atoms with E-state index in [1.165, 1.54) is 14.2 Å². The number of anilines is 2. The van der Waals surface area contributed by atoms with Gasteiger partial charge in [-0.1, -0.05) is 108 Å². The number of alkyl carbamates (subject to hydrolysis) is 1. The van der Waals surface area contributed by atoms with Crippen molar-refractivity contribution in [3.8, 4) is 0 Å². The summed E-state index contributed by atoms with van der Waals surface area (Å²) in [4.78, 5) is 87.2. The first kappa shape index (κ1) is 56.0. The zero-order valence-corrected chi connectivity index (χ0v) is 42.4. The fourth-order valence-electron chi connectivity index (χ4n) is 8.93. The molecule has 0 spiro atoms. The molecule has 20 heteroatoms. The van der Waals surface area contributed by atoms with Crippen molar-refractivity contribution in [2.75, 3.05) is 37.9 Å². The molecule has 5 amide bonds. The second-order valence-corrected chi connectivity index (χ2v) is 19.1. The molecule has 0 saturated heterocycles. The molecule has 0 heterocycles. The second kappa shape index (κ2) is 26.5. The van der Waals surface area contributed by atoms with Crippen molar-refractivity contribution in [1.82, 2.24) is 16.0 Å². The minimum atomic E-state index is -1.15. The molecule has 4 aromatic carbocycles. The van der Waals surface area contributed by atoms with Crippen molar-refractivity contribution in [1.29, 1.82) is 0 Å². The van der Waals surface area contributed by atoms with Crippen LogP contribution in [0.15, 0.2) is 84.9 Å². The largest absolute Gasteiger partial charge is 0.480 e. The lowest BCUT2D eigenvalue weighted by Gasteiger charge is -2.29. The lowest BCUT2D eigenvalue weighted by Crippen LogP contribution is -2.49. The van der Waals surface area contributed by atoms with Crippen molar-refractivity contribution in [2.45, 2.75) is 89.1 Å². The molecular formula is C51H58Cl4N6O10. The van der Waals surface area contributed by atoms with Gasteiger partial charge in [0.25, 0.3) is 11.8 Å². The maximum absolute atomic E-state index is 13.2. The monoisotopic (exact) mass is 1050 g/mol. The van der Waals surface area contributed by atoms with Gasteiger partial charge in [0.05, 0.1) is 56.3 Å².